The molecule has 1 aliphatic heterocycles. The first-order valence-corrected chi connectivity index (χ1v) is 9.90. The summed E-state index contributed by atoms with van der Waals surface area (Å²) < 4.78 is 5.38. The number of benzene rings is 1. The summed E-state index contributed by atoms with van der Waals surface area (Å²) in [5.74, 6) is 1.16. The fourth-order valence-electron chi connectivity index (χ4n) is 4.63. The van der Waals surface area contributed by atoms with Gasteiger partial charge in [0, 0.05) is 12.7 Å². The minimum Gasteiger partial charge on any atom is -0.497 e. The molecule has 1 aromatic heterocycles. The lowest BCUT2D eigenvalue weighted by Crippen LogP contribution is -2.48. The summed E-state index contributed by atoms with van der Waals surface area (Å²) in [7, 11) is 1.69. The molecular weight excluding hydrogens is 338 g/mol. The fraction of sp³-hybridized carbons (Fsp3) is 0.500. The van der Waals surface area contributed by atoms with Crippen molar-refractivity contribution in [2.45, 2.75) is 51.5 Å². The third kappa shape index (κ3) is 3.68. The van der Waals surface area contributed by atoms with Gasteiger partial charge in [0.05, 0.1) is 24.8 Å². The fourth-order valence-corrected chi connectivity index (χ4v) is 4.63. The second-order valence-corrected chi connectivity index (χ2v) is 7.84. The van der Waals surface area contributed by atoms with Gasteiger partial charge in [-0.05, 0) is 48.9 Å². The number of hydrogen-bond donors (Lipinski definition) is 0. The molecule has 0 bridgehead atoms. The molecule has 2 heterocycles. The second kappa shape index (κ2) is 7.67. The van der Waals surface area contributed by atoms with E-state index < -0.39 is 0 Å². The highest BCUT2D eigenvalue weighted by molar-refractivity contribution is 5.83. The van der Waals surface area contributed by atoms with Gasteiger partial charge in [-0.15, -0.1) is 0 Å². The summed E-state index contributed by atoms with van der Waals surface area (Å²) in [5, 5.41) is 0. The van der Waals surface area contributed by atoms with Crippen LogP contribution in [0.2, 0.25) is 0 Å². The van der Waals surface area contributed by atoms with Crippen molar-refractivity contribution >= 4 is 5.91 Å². The van der Waals surface area contributed by atoms with Crippen LogP contribution in [0.3, 0.4) is 0 Å². The molecule has 0 N–H and O–H groups in total. The summed E-state index contributed by atoms with van der Waals surface area (Å²) >= 11 is 0. The maximum atomic E-state index is 13.7. The van der Waals surface area contributed by atoms with Crippen molar-refractivity contribution < 1.29 is 9.53 Å². The number of methoxy groups -OCH3 is 1. The summed E-state index contributed by atoms with van der Waals surface area (Å²) in [6.07, 6.45) is 10.5. The van der Waals surface area contributed by atoms with E-state index in [9.17, 15) is 4.79 Å². The monoisotopic (exact) mass is 365 g/mol. The van der Waals surface area contributed by atoms with E-state index in [-0.39, 0.29) is 5.41 Å². The minimum atomic E-state index is -0.296. The highest BCUT2D eigenvalue weighted by Gasteiger charge is 2.42. The zero-order chi connectivity index (χ0) is 18.7. The molecule has 0 radical (unpaired) electrons. The topological polar surface area (TPSA) is 55.3 Å². The quantitative estimate of drug-likeness (QED) is 0.831. The first kappa shape index (κ1) is 18.0. The van der Waals surface area contributed by atoms with Gasteiger partial charge in [-0.1, -0.05) is 31.4 Å². The standard InChI is InChI=1S/C22H27N3O2/c1-27-19-7-5-6-17(12-19)13-22(9-3-2-4-10-22)21(26)25-11-8-18-14-23-16-24-20(18)15-25/h5-7,12,14,16H,2-4,8-11,13,15H2,1H3. The van der Waals surface area contributed by atoms with Crippen LogP contribution in [-0.4, -0.2) is 34.4 Å². The van der Waals surface area contributed by atoms with Gasteiger partial charge in [-0.25, -0.2) is 9.97 Å². The first-order valence-electron chi connectivity index (χ1n) is 9.90. The first-order chi connectivity index (χ1) is 13.2. The summed E-state index contributed by atoms with van der Waals surface area (Å²) in [6, 6.07) is 8.16. The van der Waals surface area contributed by atoms with Crippen molar-refractivity contribution in [2.75, 3.05) is 13.7 Å². The maximum absolute atomic E-state index is 13.7. The van der Waals surface area contributed by atoms with Crippen LogP contribution >= 0.6 is 0 Å². The van der Waals surface area contributed by atoms with Crippen molar-refractivity contribution in [3.63, 3.8) is 0 Å². The molecule has 1 saturated carbocycles. The molecule has 0 atom stereocenters. The van der Waals surface area contributed by atoms with Crippen LogP contribution in [0, 0.1) is 5.41 Å². The Labute approximate surface area is 160 Å². The molecule has 1 amide bonds. The number of ether oxygens (including phenoxy) is 1. The van der Waals surface area contributed by atoms with Gasteiger partial charge in [-0.3, -0.25) is 4.79 Å². The van der Waals surface area contributed by atoms with Crippen molar-refractivity contribution in [3.8, 4) is 5.75 Å². The van der Waals surface area contributed by atoms with Crippen LogP contribution in [-0.2, 0) is 24.2 Å². The predicted octanol–water partition coefficient (Wildman–Crippen LogP) is 3.56. The van der Waals surface area contributed by atoms with Crippen LogP contribution in [0.4, 0.5) is 0 Å². The van der Waals surface area contributed by atoms with Gasteiger partial charge >= 0.3 is 0 Å². The summed E-state index contributed by atoms with van der Waals surface area (Å²) in [6.45, 7) is 1.37. The Morgan fingerprint density at radius 3 is 2.93 bits per heavy atom. The minimum absolute atomic E-state index is 0.296. The Morgan fingerprint density at radius 1 is 1.26 bits per heavy atom. The third-order valence-corrected chi connectivity index (χ3v) is 6.10. The second-order valence-electron chi connectivity index (χ2n) is 7.84. The molecule has 0 spiro atoms. The average molecular weight is 365 g/mol. The number of amides is 1. The highest BCUT2D eigenvalue weighted by atomic mass is 16.5. The molecule has 0 unspecified atom stereocenters. The van der Waals surface area contributed by atoms with Gasteiger partial charge < -0.3 is 9.64 Å². The van der Waals surface area contributed by atoms with E-state index in [0.29, 0.717) is 12.5 Å². The molecule has 1 aromatic carbocycles. The lowest BCUT2D eigenvalue weighted by Gasteiger charge is -2.41. The Hall–Kier alpha value is -2.43. The van der Waals surface area contributed by atoms with E-state index in [0.717, 1.165) is 56.5 Å². The Balaban J connectivity index is 1.58. The van der Waals surface area contributed by atoms with Crippen LogP contribution in [0.1, 0.15) is 48.9 Å². The molecule has 4 rings (SSSR count). The lowest BCUT2D eigenvalue weighted by atomic mass is 9.69. The molecule has 1 fully saturated rings. The Bertz CT molecular complexity index is 815. The van der Waals surface area contributed by atoms with Crippen molar-refractivity contribution in [2.24, 2.45) is 5.41 Å². The molecule has 5 nitrogen and oxygen atoms in total. The van der Waals surface area contributed by atoms with E-state index in [4.69, 9.17) is 4.74 Å². The molecule has 5 heteroatoms. The van der Waals surface area contributed by atoms with Crippen LogP contribution in [0.15, 0.2) is 36.8 Å². The Kier molecular flexibility index (Phi) is 5.10. The molecule has 0 saturated heterocycles. The summed E-state index contributed by atoms with van der Waals surface area (Å²) in [5.41, 5.74) is 3.06. The number of hydrogen-bond acceptors (Lipinski definition) is 4. The SMILES string of the molecule is COc1cccc(CC2(C(=O)N3CCc4cncnc4C3)CCCCC2)c1. The zero-order valence-electron chi connectivity index (χ0n) is 16.0. The van der Waals surface area contributed by atoms with Crippen LogP contribution in [0.5, 0.6) is 5.75 Å². The zero-order valence-corrected chi connectivity index (χ0v) is 16.0. The van der Waals surface area contributed by atoms with Crippen LogP contribution in [0.25, 0.3) is 0 Å². The maximum Gasteiger partial charge on any atom is 0.229 e. The predicted molar refractivity (Wildman–Crippen MR) is 103 cm³/mol. The number of fused-ring (bicyclic) bond motifs is 1. The average Bonchev–Trinajstić information content (AvgIpc) is 2.73. The third-order valence-electron chi connectivity index (χ3n) is 6.10. The molecule has 2 aliphatic rings. The largest absolute Gasteiger partial charge is 0.497 e. The Morgan fingerprint density at radius 2 is 2.11 bits per heavy atom. The van der Waals surface area contributed by atoms with Gasteiger partial charge in [0.2, 0.25) is 5.91 Å². The number of carbonyl (C=O) groups is 1. The van der Waals surface area contributed by atoms with E-state index in [1.807, 2.05) is 23.2 Å². The van der Waals surface area contributed by atoms with Crippen molar-refractivity contribution in [1.29, 1.82) is 0 Å². The number of aromatic nitrogens is 2. The smallest absolute Gasteiger partial charge is 0.229 e. The van der Waals surface area contributed by atoms with Crippen LogP contribution < -0.4 is 4.74 Å². The number of carbonyl (C=O) groups excluding carboxylic acids is 1. The van der Waals surface area contributed by atoms with Gasteiger partial charge in [0.25, 0.3) is 0 Å². The van der Waals surface area contributed by atoms with Gasteiger partial charge in [-0.2, -0.15) is 0 Å². The number of nitrogens with zero attached hydrogens (tertiary/aromatic N) is 3. The molecule has 27 heavy (non-hydrogen) atoms. The van der Waals surface area contributed by atoms with Crippen molar-refractivity contribution in [1.82, 2.24) is 14.9 Å². The van der Waals surface area contributed by atoms with Gasteiger partial charge in [0.1, 0.15) is 12.1 Å². The van der Waals surface area contributed by atoms with E-state index >= 15 is 0 Å². The molecule has 142 valence electrons. The van der Waals surface area contributed by atoms with E-state index in [1.165, 1.54) is 17.5 Å². The summed E-state index contributed by atoms with van der Waals surface area (Å²) in [4.78, 5) is 24.2. The normalized spacial score (nSPS) is 18.6. The number of rotatable bonds is 4. The highest BCUT2D eigenvalue weighted by Crippen LogP contribution is 2.42. The van der Waals surface area contributed by atoms with Crippen molar-refractivity contribution in [3.05, 3.63) is 53.6 Å². The molecule has 2 aromatic rings. The van der Waals surface area contributed by atoms with Gasteiger partial charge in [0.15, 0.2) is 0 Å². The molecular formula is C22H27N3O2. The lowest BCUT2D eigenvalue weighted by molar-refractivity contribution is -0.145. The van der Waals surface area contributed by atoms with E-state index in [2.05, 4.69) is 22.1 Å². The van der Waals surface area contributed by atoms with E-state index in [1.54, 1.807) is 13.4 Å². The molecule has 1 aliphatic carbocycles.